The van der Waals surface area contributed by atoms with Crippen LogP contribution < -0.4 is 0 Å². The van der Waals surface area contributed by atoms with Crippen molar-refractivity contribution in [3.05, 3.63) is 71.8 Å². The molecule has 0 atom stereocenters. The standard InChI is InChI=1S/C44H62O4S4/c1-9-11-13-15-17-19-29-51(45,46)39-31-37(49-41(39)33-21-25-35(26-22-33)43(3,4)5)38-32-40(52(47,48)30-20-18-16-14-12-10-2)42(50-38)34-23-27-36(28-24-34)44(6,7)8/h21-28,31-32H,9-20,29-30H2,1-8H3. The first-order valence-electron chi connectivity index (χ1n) is 19.4. The third kappa shape index (κ3) is 11.4. The minimum Gasteiger partial charge on any atom is -0.224 e. The van der Waals surface area contributed by atoms with Gasteiger partial charge in [0.15, 0.2) is 19.7 Å². The molecule has 2 heterocycles. The van der Waals surface area contributed by atoms with Crippen LogP contribution in [-0.4, -0.2) is 28.3 Å². The van der Waals surface area contributed by atoms with Crippen molar-refractivity contribution >= 4 is 42.3 Å². The summed E-state index contributed by atoms with van der Waals surface area (Å²) >= 11 is 2.91. The molecule has 2 aromatic carbocycles. The van der Waals surface area contributed by atoms with Crippen molar-refractivity contribution in [1.82, 2.24) is 0 Å². The first-order chi connectivity index (χ1) is 24.5. The predicted octanol–water partition coefficient (Wildman–Crippen LogP) is 13.7. The molecule has 0 spiro atoms. The monoisotopic (exact) mass is 782 g/mol. The van der Waals surface area contributed by atoms with Crippen molar-refractivity contribution < 1.29 is 16.8 Å². The minimum atomic E-state index is -3.59. The first kappa shape index (κ1) is 42.5. The van der Waals surface area contributed by atoms with Gasteiger partial charge in [0.25, 0.3) is 0 Å². The molecule has 0 aliphatic rings. The Balaban J connectivity index is 1.79. The molecule has 0 amide bonds. The highest BCUT2D eigenvalue weighted by molar-refractivity contribution is 7.92. The Hall–Kier alpha value is -2.26. The second-order valence-corrected chi connectivity index (χ2v) is 22.7. The summed E-state index contributed by atoms with van der Waals surface area (Å²) in [5.74, 6) is 0.214. The Labute approximate surface area is 324 Å². The Morgan fingerprint density at radius 2 is 0.769 bits per heavy atom. The van der Waals surface area contributed by atoms with Crippen molar-refractivity contribution in [1.29, 1.82) is 0 Å². The minimum absolute atomic E-state index is 0.0261. The molecule has 0 saturated carbocycles. The average Bonchev–Trinajstić information content (AvgIpc) is 3.74. The summed E-state index contributed by atoms with van der Waals surface area (Å²) in [7, 11) is -7.17. The second-order valence-electron chi connectivity index (χ2n) is 16.4. The van der Waals surface area contributed by atoms with Gasteiger partial charge in [-0.1, -0.05) is 168 Å². The van der Waals surface area contributed by atoms with Crippen molar-refractivity contribution in [2.45, 2.75) is 153 Å². The van der Waals surface area contributed by atoms with Crippen LogP contribution in [0.25, 0.3) is 30.6 Å². The van der Waals surface area contributed by atoms with Gasteiger partial charge < -0.3 is 0 Å². The number of thiophene rings is 2. The predicted molar refractivity (Wildman–Crippen MR) is 227 cm³/mol. The number of benzene rings is 2. The van der Waals surface area contributed by atoms with Crippen LogP contribution >= 0.6 is 22.7 Å². The van der Waals surface area contributed by atoms with Gasteiger partial charge in [-0.2, -0.15) is 0 Å². The summed E-state index contributed by atoms with van der Waals surface area (Å²) in [5.41, 5.74) is 4.06. The molecule has 4 nitrogen and oxygen atoms in total. The van der Waals surface area contributed by atoms with E-state index in [4.69, 9.17) is 0 Å². The second kappa shape index (κ2) is 18.4. The summed E-state index contributed by atoms with van der Waals surface area (Å²) in [6.45, 7) is 17.4. The van der Waals surface area contributed by atoms with E-state index in [1.807, 2.05) is 36.4 Å². The highest BCUT2D eigenvalue weighted by Gasteiger charge is 2.28. The van der Waals surface area contributed by atoms with E-state index >= 15 is 0 Å². The first-order valence-corrected chi connectivity index (χ1v) is 24.4. The zero-order valence-electron chi connectivity index (χ0n) is 32.9. The van der Waals surface area contributed by atoms with E-state index in [0.29, 0.717) is 22.6 Å². The van der Waals surface area contributed by atoms with Crippen LogP contribution in [0, 0.1) is 0 Å². The van der Waals surface area contributed by atoms with Crippen LogP contribution in [0.4, 0.5) is 0 Å². The molecular weight excluding hydrogens is 721 g/mol. The molecule has 0 aliphatic carbocycles. The van der Waals surface area contributed by atoms with Gasteiger partial charge in [0, 0.05) is 9.75 Å². The molecule has 4 rings (SSSR count). The lowest BCUT2D eigenvalue weighted by Gasteiger charge is -2.19. The number of hydrogen-bond donors (Lipinski definition) is 0. The maximum absolute atomic E-state index is 14.1. The van der Waals surface area contributed by atoms with Crippen LogP contribution in [0.3, 0.4) is 0 Å². The maximum Gasteiger partial charge on any atom is 0.179 e. The van der Waals surface area contributed by atoms with Crippen LogP contribution in [0.1, 0.15) is 144 Å². The maximum atomic E-state index is 14.1. The molecule has 4 aromatic rings. The van der Waals surface area contributed by atoms with E-state index in [-0.39, 0.29) is 22.3 Å². The largest absolute Gasteiger partial charge is 0.224 e. The summed E-state index contributed by atoms with van der Waals surface area (Å²) in [6.07, 6.45) is 12.1. The number of unbranched alkanes of at least 4 members (excludes halogenated alkanes) is 10. The molecule has 2 aromatic heterocycles. The van der Waals surface area contributed by atoms with Crippen molar-refractivity contribution in [2.75, 3.05) is 11.5 Å². The van der Waals surface area contributed by atoms with Gasteiger partial charge in [0.1, 0.15) is 0 Å². The van der Waals surface area contributed by atoms with Gasteiger partial charge in [-0.15, -0.1) is 22.7 Å². The topological polar surface area (TPSA) is 68.3 Å². The molecule has 0 unspecified atom stereocenters. The van der Waals surface area contributed by atoms with Crippen LogP contribution in [0.5, 0.6) is 0 Å². The lowest BCUT2D eigenvalue weighted by Crippen LogP contribution is -2.10. The van der Waals surface area contributed by atoms with E-state index in [1.165, 1.54) is 46.6 Å². The SMILES string of the molecule is CCCCCCCCS(=O)(=O)c1cc(-c2cc(S(=O)(=O)CCCCCCCC)c(-c3ccc(C(C)(C)C)cc3)s2)sc1-c1ccc(C(C)(C)C)cc1. The zero-order valence-corrected chi connectivity index (χ0v) is 36.2. The van der Waals surface area contributed by atoms with Crippen LogP contribution in [-0.2, 0) is 30.5 Å². The van der Waals surface area contributed by atoms with Crippen molar-refractivity contribution in [3.8, 4) is 30.6 Å². The quantitative estimate of drug-likeness (QED) is 0.0888. The number of sulfone groups is 2. The van der Waals surface area contributed by atoms with Crippen LogP contribution in [0.2, 0.25) is 0 Å². The summed E-state index contributed by atoms with van der Waals surface area (Å²) in [6, 6.07) is 20.1. The fraction of sp³-hybridized carbons (Fsp3) is 0.545. The van der Waals surface area contributed by atoms with Gasteiger partial charge in [0.05, 0.1) is 31.1 Å². The lowest BCUT2D eigenvalue weighted by atomic mass is 9.86. The fourth-order valence-electron chi connectivity index (χ4n) is 6.46. The Kier molecular flexibility index (Phi) is 15.0. The number of hydrogen-bond acceptors (Lipinski definition) is 6. The Bertz CT molecular complexity index is 1790. The van der Waals surface area contributed by atoms with Gasteiger partial charge >= 0.3 is 0 Å². The van der Waals surface area contributed by atoms with Crippen LogP contribution in [0.15, 0.2) is 70.5 Å². The molecule has 8 heteroatoms. The molecule has 0 bridgehead atoms. The lowest BCUT2D eigenvalue weighted by molar-refractivity contribution is 0.582. The summed E-state index contributed by atoms with van der Waals surface area (Å²) in [5, 5.41) is 0. The van der Waals surface area contributed by atoms with E-state index < -0.39 is 19.7 Å². The molecule has 0 radical (unpaired) electrons. The molecule has 0 fully saturated rings. The summed E-state index contributed by atoms with van der Waals surface area (Å²) in [4.78, 5) is 3.73. The fourth-order valence-corrected chi connectivity index (χ4v) is 12.8. The number of rotatable bonds is 19. The summed E-state index contributed by atoms with van der Waals surface area (Å²) < 4.78 is 56.3. The molecule has 52 heavy (non-hydrogen) atoms. The zero-order chi connectivity index (χ0) is 38.2. The third-order valence-corrected chi connectivity index (χ3v) is 16.3. The third-order valence-electron chi connectivity index (χ3n) is 9.87. The van der Waals surface area contributed by atoms with E-state index in [1.54, 1.807) is 0 Å². The van der Waals surface area contributed by atoms with E-state index in [9.17, 15) is 16.8 Å². The normalized spacial score (nSPS) is 12.8. The molecular formula is C44H62O4S4. The Morgan fingerprint density at radius 3 is 1.08 bits per heavy atom. The van der Waals surface area contributed by atoms with Gasteiger partial charge in [-0.05, 0) is 58.1 Å². The highest BCUT2D eigenvalue weighted by atomic mass is 32.2. The Morgan fingerprint density at radius 1 is 0.462 bits per heavy atom. The van der Waals surface area contributed by atoms with Crippen molar-refractivity contribution in [2.24, 2.45) is 0 Å². The smallest absolute Gasteiger partial charge is 0.179 e. The van der Waals surface area contributed by atoms with Gasteiger partial charge in [-0.3, -0.25) is 0 Å². The van der Waals surface area contributed by atoms with Gasteiger partial charge in [0.2, 0.25) is 0 Å². The van der Waals surface area contributed by atoms with Crippen molar-refractivity contribution in [3.63, 3.8) is 0 Å². The van der Waals surface area contributed by atoms with Gasteiger partial charge in [-0.25, -0.2) is 16.8 Å². The molecule has 0 aliphatic heterocycles. The highest BCUT2D eigenvalue weighted by Crippen LogP contribution is 2.47. The van der Waals surface area contributed by atoms with E-state index in [0.717, 1.165) is 82.0 Å². The van der Waals surface area contributed by atoms with E-state index in [2.05, 4.69) is 79.7 Å². The average molecular weight is 783 g/mol. The molecule has 0 saturated heterocycles. The molecule has 286 valence electrons. The molecule has 0 N–H and O–H groups in total.